The van der Waals surface area contributed by atoms with Crippen LogP contribution in [0, 0.1) is 13.8 Å². The minimum Gasteiger partial charge on any atom is -0.478 e. The Morgan fingerprint density at radius 2 is 1.55 bits per heavy atom. The van der Waals surface area contributed by atoms with E-state index in [0.29, 0.717) is 11.4 Å². The van der Waals surface area contributed by atoms with Gasteiger partial charge in [-0.2, -0.15) is 0 Å². The quantitative estimate of drug-likeness (QED) is 0.636. The number of urea groups is 1. The molecule has 1 saturated heterocycles. The third-order valence-corrected chi connectivity index (χ3v) is 5.83. The molecule has 1 aliphatic heterocycles. The molecule has 0 unspecified atom stereocenters. The lowest BCUT2D eigenvalue weighted by atomic mass is 9.87. The molecule has 2 aromatic rings. The highest BCUT2D eigenvalue weighted by Crippen LogP contribution is 2.31. The molecule has 1 N–H and O–H groups in total. The maximum atomic E-state index is 13.0. The second kappa shape index (κ2) is 8.54. The Morgan fingerprint density at radius 1 is 1.00 bits per heavy atom. The summed E-state index contributed by atoms with van der Waals surface area (Å²) in [6.07, 6.45) is 0. The molecule has 0 saturated carbocycles. The zero-order valence-electron chi connectivity index (χ0n) is 20.4. The second-order valence-electron chi connectivity index (χ2n) is 10.1. The predicted octanol–water partition coefficient (Wildman–Crippen LogP) is 4.81. The number of imide groups is 1. The van der Waals surface area contributed by atoms with E-state index in [1.165, 1.54) is 23.6 Å². The number of aryl methyl sites for hydroxylation is 2. The van der Waals surface area contributed by atoms with E-state index in [2.05, 4.69) is 20.8 Å². The SMILES string of the molecule is Cc1cc(CN2C(=O)CN(c3ccc(C(C)(C)C)cc3)C2=O)cc(C)c1OC(C)(C)C(=O)O. The van der Waals surface area contributed by atoms with Crippen LogP contribution < -0.4 is 9.64 Å². The van der Waals surface area contributed by atoms with Crippen LogP contribution >= 0.6 is 0 Å². The van der Waals surface area contributed by atoms with Crippen molar-refractivity contribution in [3.63, 3.8) is 0 Å². The Labute approximate surface area is 195 Å². The number of amides is 3. The van der Waals surface area contributed by atoms with E-state index < -0.39 is 11.6 Å². The lowest BCUT2D eigenvalue weighted by molar-refractivity contribution is -0.152. The summed E-state index contributed by atoms with van der Waals surface area (Å²) in [7, 11) is 0. The Balaban J connectivity index is 1.79. The van der Waals surface area contributed by atoms with Crippen LogP contribution in [-0.4, -0.2) is 40.1 Å². The zero-order valence-corrected chi connectivity index (χ0v) is 20.4. The van der Waals surface area contributed by atoms with Crippen molar-refractivity contribution in [3.8, 4) is 5.75 Å². The predicted molar refractivity (Wildman–Crippen MR) is 127 cm³/mol. The van der Waals surface area contributed by atoms with E-state index in [1.54, 1.807) is 0 Å². The molecular formula is C26H32N2O5. The summed E-state index contributed by atoms with van der Waals surface area (Å²) < 4.78 is 5.75. The molecule has 1 heterocycles. The molecule has 1 aliphatic rings. The highest BCUT2D eigenvalue weighted by molar-refractivity contribution is 6.12. The smallest absolute Gasteiger partial charge is 0.347 e. The van der Waals surface area contributed by atoms with Gasteiger partial charge in [0.2, 0.25) is 0 Å². The maximum absolute atomic E-state index is 13.0. The highest BCUT2D eigenvalue weighted by atomic mass is 16.5. The fourth-order valence-corrected chi connectivity index (χ4v) is 3.81. The number of hydrogen-bond donors (Lipinski definition) is 1. The summed E-state index contributed by atoms with van der Waals surface area (Å²) in [4.78, 5) is 39.9. The van der Waals surface area contributed by atoms with Crippen molar-refractivity contribution < 1.29 is 24.2 Å². The summed E-state index contributed by atoms with van der Waals surface area (Å²) in [6.45, 7) is 13.1. The van der Waals surface area contributed by atoms with Crippen LogP contribution in [0.25, 0.3) is 0 Å². The molecule has 3 rings (SSSR count). The molecule has 1 fully saturated rings. The average molecular weight is 453 g/mol. The minimum atomic E-state index is -1.37. The van der Waals surface area contributed by atoms with Gasteiger partial charge in [0.15, 0.2) is 5.60 Å². The zero-order chi connectivity index (χ0) is 24.7. The Bertz CT molecular complexity index is 1070. The molecule has 7 heteroatoms. The monoisotopic (exact) mass is 452 g/mol. The molecule has 3 amide bonds. The normalized spacial score (nSPS) is 14.8. The number of carbonyl (C=O) groups is 3. The van der Waals surface area contributed by atoms with Gasteiger partial charge in [0.1, 0.15) is 12.3 Å². The summed E-state index contributed by atoms with van der Waals surface area (Å²) in [5.41, 5.74) is 2.73. The third-order valence-electron chi connectivity index (χ3n) is 5.83. The number of carboxylic acid groups (broad SMARTS) is 1. The molecule has 33 heavy (non-hydrogen) atoms. The highest BCUT2D eigenvalue weighted by Gasteiger charge is 2.37. The van der Waals surface area contributed by atoms with Crippen LogP contribution in [0.15, 0.2) is 36.4 Å². The van der Waals surface area contributed by atoms with Gasteiger partial charge < -0.3 is 9.84 Å². The first-order valence-corrected chi connectivity index (χ1v) is 11.0. The number of rotatable bonds is 6. The summed E-state index contributed by atoms with van der Waals surface area (Å²) in [6, 6.07) is 11.0. The van der Waals surface area contributed by atoms with E-state index in [1.807, 2.05) is 50.2 Å². The van der Waals surface area contributed by atoms with E-state index in [0.717, 1.165) is 22.3 Å². The van der Waals surface area contributed by atoms with Crippen LogP contribution in [0.5, 0.6) is 5.75 Å². The summed E-state index contributed by atoms with van der Waals surface area (Å²) in [5, 5.41) is 9.35. The molecule has 7 nitrogen and oxygen atoms in total. The molecule has 176 valence electrons. The molecule has 2 aromatic carbocycles. The minimum absolute atomic E-state index is 0.000339. The fourth-order valence-electron chi connectivity index (χ4n) is 3.81. The molecule has 0 aromatic heterocycles. The summed E-state index contributed by atoms with van der Waals surface area (Å²) >= 11 is 0. The number of aliphatic carboxylic acids is 1. The Morgan fingerprint density at radius 3 is 2.03 bits per heavy atom. The molecule has 0 bridgehead atoms. The molecule has 0 spiro atoms. The second-order valence-corrected chi connectivity index (χ2v) is 10.1. The van der Waals surface area contributed by atoms with Gasteiger partial charge in [-0.15, -0.1) is 0 Å². The van der Waals surface area contributed by atoms with Crippen molar-refractivity contribution in [1.82, 2.24) is 4.90 Å². The number of carboxylic acids is 1. The number of hydrogen-bond acceptors (Lipinski definition) is 4. The fraction of sp³-hybridized carbons (Fsp3) is 0.423. The largest absolute Gasteiger partial charge is 0.478 e. The van der Waals surface area contributed by atoms with Gasteiger partial charge in [-0.05, 0) is 67.5 Å². The maximum Gasteiger partial charge on any atom is 0.347 e. The van der Waals surface area contributed by atoms with Crippen molar-refractivity contribution in [2.75, 3.05) is 11.4 Å². The van der Waals surface area contributed by atoms with Crippen molar-refractivity contribution in [1.29, 1.82) is 0 Å². The number of anilines is 1. The first-order valence-electron chi connectivity index (χ1n) is 11.0. The van der Waals surface area contributed by atoms with E-state index >= 15 is 0 Å². The van der Waals surface area contributed by atoms with E-state index in [-0.39, 0.29) is 30.4 Å². The number of ether oxygens (including phenoxy) is 1. The van der Waals surface area contributed by atoms with Gasteiger partial charge in [-0.1, -0.05) is 45.0 Å². The Kier molecular flexibility index (Phi) is 6.29. The van der Waals surface area contributed by atoms with Gasteiger partial charge in [0.05, 0.1) is 6.54 Å². The van der Waals surface area contributed by atoms with Crippen molar-refractivity contribution in [2.45, 2.75) is 66.0 Å². The van der Waals surface area contributed by atoms with Gasteiger partial charge >= 0.3 is 12.0 Å². The molecular weight excluding hydrogens is 420 g/mol. The first-order chi connectivity index (χ1) is 15.2. The topological polar surface area (TPSA) is 87.2 Å². The van der Waals surface area contributed by atoms with Crippen LogP contribution in [0.3, 0.4) is 0 Å². The van der Waals surface area contributed by atoms with E-state index in [4.69, 9.17) is 4.74 Å². The number of benzene rings is 2. The third kappa shape index (κ3) is 5.02. The average Bonchev–Trinajstić information content (AvgIpc) is 2.98. The van der Waals surface area contributed by atoms with Crippen molar-refractivity contribution >= 4 is 23.6 Å². The lowest BCUT2D eigenvalue weighted by Crippen LogP contribution is -2.38. The van der Waals surface area contributed by atoms with Crippen LogP contribution in [0.1, 0.15) is 56.9 Å². The number of carbonyl (C=O) groups excluding carboxylic acids is 2. The van der Waals surface area contributed by atoms with Gasteiger partial charge in [0.25, 0.3) is 5.91 Å². The van der Waals surface area contributed by atoms with Gasteiger partial charge in [0, 0.05) is 5.69 Å². The van der Waals surface area contributed by atoms with E-state index in [9.17, 15) is 19.5 Å². The molecule has 0 atom stereocenters. The lowest BCUT2D eigenvalue weighted by Gasteiger charge is -2.25. The summed E-state index contributed by atoms with van der Waals surface area (Å²) in [5.74, 6) is -0.831. The number of nitrogens with zero attached hydrogens (tertiary/aromatic N) is 2. The first kappa shape index (κ1) is 24.3. The Hall–Kier alpha value is -3.35. The van der Waals surface area contributed by atoms with Crippen LogP contribution in [0.4, 0.5) is 10.5 Å². The van der Waals surface area contributed by atoms with Gasteiger partial charge in [-0.25, -0.2) is 9.59 Å². The van der Waals surface area contributed by atoms with Crippen LogP contribution in [0.2, 0.25) is 0 Å². The van der Waals surface area contributed by atoms with Crippen molar-refractivity contribution in [3.05, 3.63) is 58.7 Å². The molecule has 0 radical (unpaired) electrons. The van der Waals surface area contributed by atoms with Crippen LogP contribution in [-0.2, 0) is 21.5 Å². The molecule has 0 aliphatic carbocycles. The van der Waals surface area contributed by atoms with Crippen molar-refractivity contribution in [2.24, 2.45) is 0 Å². The van der Waals surface area contributed by atoms with Gasteiger partial charge in [-0.3, -0.25) is 14.6 Å². The standard InChI is InChI=1S/C26H32N2O5/c1-16-12-18(13-17(2)22(16)33-26(6,7)23(30)31)14-28-21(29)15-27(24(28)32)20-10-8-19(9-11-20)25(3,4)5/h8-13H,14-15H2,1-7H3,(H,30,31).